The fourth-order valence-corrected chi connectivity index (χ4v) is 4.90. The second-order valence-corrected chi connectivity index (χ2v) is 9.01. The Bertz CT molecular complexity index is 823. The van der Waals surface area contributed by atoms with E-state index in [4.69, 9.17) is 0 Å². The third-order valence-electron chi connectivity index (χ3n) is 6.53. The van der Waals surface area contributed by atoms with Crippen molar-refractivity contribution in [2.24, 2.45) is 5.92 Å². The Labute approximate surface area is 184 Å². The monoisotopic (exact) mass is 430 g/mol. The van der Waals surface area contributed by atoms with Crippen LogP contribution in [-0.4, -0.2) is 5.12 Å². The van der Waals surface area contributed by atoms with Crippen LogP contribution in [0.5, 0.6) is 0 Å². The molecule has 0 aromatic heterocycles. The Morgan fingerprint density at radius 2 is 1.70 bits per heavy atom. The molecule has 30 heavy (non-hydrogen) atoms. The van der Waals surface area contributed by atoms with Crippen molar-refractivity contribution in [3.63, 3.8) is 0 Å². The number of carbonyl (C=O) groups is 1. The number of carbonyl (C=O) groups excluding carboxylic acids is 1. The largest absolute Gasteiger partial charge is 0.282 e. The van der Waals surface area contributed by atoms with Crippen LogP contribution in [0.4, 0.5) is 8.78 Å². The van der Waals surface area contributed by atoms with E-state index in [-0.39, 0.29) is 5.56 Å². The molecule has 3 rings (SSSR count). The number of hydrogen-bond donors (Lipinski definition) is 1. The Balaban J connectivity index is 1.66. The number of benzene rings is 2. The van der Waals surface area contributed by atoms with E-state index in [2.05, 4.69) is 31.7 Å². The van der Waals surface area contributed by atoms with Crippen molar-refractivity contribution >= 4 is 17.7 Å². The van der Waals surface area contributed by atoms with Gasteiger partial charge in [0.15, 0.2) is 0 Å². The maximum absolute atomic E-state index is 13.1. The molecule has 2 aromatic rings. The van der Waals surface area contributed by atoms with Crippen molar-refractivity contribution in [1.29, 1.82) is 0 Å². The second-order valence-electron chi connectivity index (χ2n) is 8.60. The Hall–Kier alpha value is -1.68. The van der Waals surface area contributed by atoms with Crippen LogP contribution in [0.25, 0.3) is 11.1 Å². The molecular weight excluding hydrogens is 398 g/mol. The van der Waals surface area contributed by atoms with Gasteiger partial charge in [-0.05, 0) is 66.3 Å². The van der Waals surface area contributed by atoms with E-state index in [1.807, 2.05) is 12.1 Å². The van der Waals surface area contributed by atoms with Gasteiger partial charge in [-0.3, -0.25) is 4.79 Å². The molecule has 0 bridgehead atoms. The van der Waals surface area contributed by atoms with Crippen LogP contribution in [0.15, 0.2) is 42.5 Å². The zero-order valence-electron chi connectivity index (χ0n) is 17.7. The number of hydrogen-bond acceptors (Lipinski definition) is 1. The minimum absolute atomic E-state index is 0.0790. The third kappa shape index (κ3) is 5.94. The molecule has 1 aliphatic rings. The van der Waals surface area contributed by atoms with Crippen LogP contribution in [0.3, 0.4) is 0 Å². The molecule has 0 heterocycles. The lowest BCUT2D eigenvalue weighted by Gasteiger charge is -2.29. The highest BCUT2D eigenvalue weighted by Gasteiger charge is 2.22. The summed E-state index contributed by atoms with van der Waals surface area (Å²) in [5.74, 6) is 1.45. The quantitative estimate of drug-likeness (QED) is 0.311. The fraction of sp³-hybridized carbons (Fsp3) is 0.500. The first-order valence-corrected chi connectivity index (χ1v) is 11.7. The summed E-state index contributed by atoms with van der Waals surface area (Å²) in [6.07, 6.45) is 9.21. The maximum Gasteiger partial charge on any atom is 0.263 e. The van der Waals surface area contributed by atoms with Crippen LogP contribution in [-0.2, 0) is 0 Å². The predicted octanol–water partition coefficient (Wildman–Crippen LogP) is 8.61. The fourth-order valence-electron chi connectivity index (χ4n) is 4.70. The molecular formula is C26H32F2OS. The first kappa shape index (κ1) is 23.0. The van der Waals surface area contributed by atoms with E-state index in [0.29, 0.717) is 17.0 Å². The molecule has 0 spiro atoms. The van der Waals surface area contributed by atoms with E-state index >= 15 is 0 Å². The molecule has 0 unspecified atom stereocenters. The van der Waals surface area contributed by atoms with Gasteiger partial charge in [-0.15, -0.1) is 12.6 Å². The summed E-state index contributed by atoms with van der Waals surface area (Å²) in [7, 11) is 0. The Morgan fingerprint density at radius 3 is 2.30 bits per heavy atom. The van der Waals surface area contributed by atoms with Gasteiger partial charge in [0.25, 0.3) is 6.43 Å². The lowest BCUT2D eigenvalue weighted by molar-refractivity contribution is 0.109. The molecule has 1 aliphatic carbocycles. The number of rotatable bonds is 9. The van der Waals surface area contributed by atoms with Gasteiger partial charge in [-0.2, -0.15) is 0 Å². The summed E-state index contributed by atoms with van der Waals surface area (Å²) < 4.78 is 26.3. The summed E-state index contributed by atoms with van der Waals surface area (Å²) in [4.78, 5) is 11.9. The van der Waals surface area contributed by atoms with Gasteiger partial charge < -0.3 is 0 Å². The summed E-state index contributed by atoms with van der Waals surface area (Å²) in [6.45, 7) is 2.25. The van der Waals surface area contributed by atoms with E-state index in [0.717, 1.165) is 11.5 Å². The first-order valence-electron chi connectivity index (χ1n) is 11.2. The van der Waals surface area contributed by atoms with Crippen molar-refractivity contribution in [3.8, 4) is 11.1 Å². The van der Waals surface area contributed by atoms with Crippen molar-refractivity contribution < 1.29 is 13.6 Å². The molecule has 162 valence electrons. The highest BCUT2D eigenvalue weighted by molar-refractivity contribution is 7.97. The predicted molar refractivity (Wildman–Crippen MR) is 124 cm³/mol. The number of thiol groups is 1. The van der Waals surface area contributed by atoms with Crippen LogP contribution < -0.4 is 0 Å². The molecule has 0 atom stereocenters. The van der Waals surface area contributed by atoms with Crippen molar-refractivity contribution in [2.75, 3.05) is 0 Å². The average molecular weight is 431 g/mol. The summed E-state index contributed by atoms with van der Waals surface area (Å²) in [5.41, 5.74) is 2.90. The normalized spacial score (nSPS) is 19.2. The molecule has 0 amide bonds. The van der Waals surface area contributed by atoms with Gasteiger partial charge >= 0.3 is 0 Å². The van der Waals surface area contributed by atoms with Crippen LogP contribution in [0.2, 0.25) is 0 Å². The second kappa shape index (κ2) is 11.1. The lowest BCUT2D eigenvalue weighted by Crippen LogP contribution is -2.13. The minimum Gasteiger partial charge on any atom is -0.282 e. The van der Waals surface area contributed by atoms with Crippen LogP contribution >= 0.6 is 12.6 Å². The molecule has 0 saturated heterocycles. The smallest absolute Gasteiger partial charge is 0.263 e. The lowest BCUT2D eigenvalue weighted by atomic mass is 9.77. The van der Waals surface area contributed by atoms with Crippen molar-refractivity contribution in [2.45, 2.75) is 77.1 Å². The standard InChI is InChI=1S/C26H32F2OS/c1-2-3-4-5-6-18-7-9-19(10-8-18)20-11-13-21(14-12-20)24-17-22(25(27)28)15-16-23(24)26(29)30/h11-19,25H,2-10H2,1H3,(H,29,30). The van der Waals surface area contributed by atoms with Gasteiger partial charge in [-0.1, -0.05) is 69.4 Å². The van der Waals surface area contributed by atoms with Gasteiger partial charge in [0.1, 0.15) is 0 Å². The molecule has 1 fully saturated rings. The van der Waals surface area contributed by atoms with Gasteiger partial charge in [0.05, 0.1) is 0 Å². The first-order chi connectivity index (χ1) is 14.5. The Morgan fingerprint density at radius 1 is 1.00 bits per heavy atom. The highest BCUT2D eigenvalue weighted by Crippen LogP contribution is 2.39. The van der Waals surface area contributed by atoms with E-state index in [1.54, 1.807) is 0 Å². The van der Waals surface area contributed by atoms with E-state index < -0.39 is 11.5 Å². The number of unbranched alkanes of at least 4 members (excludes halogenated alkanes) is 3. The van der Waals surface area contributed by atoms with Gasteiger partial charge in [0, 0.05) is 11.1 Å². The van der Waals surface area contributed by atoms with Crippen molar-refractivity contribution in [3.05, 3.63) is 59.2 Å². The summed E-state index contributed by atoms with van der Waals surface area (Å²) in [6, 6.07) is 12.3. The van der Waals surface area contributed by atoms with Gasteiger partial charge in [-0.25, -0.2) is 8.78 Å². The minimum atomic E-state index is -2.57. The molecule has 1 nitrogen and oxygen atoms in total. The SMILES string of the molecule is CCCCCCC1CCC(c2ccc(-c3cc(C(F)F)ccc3C(=O)S)cc2)CC1. The molecule has 4 heteroatoms. The molecule has 0 aliphatic heterocycles. The molecule has 0 N–H and O–H groups in total. The molecule has 2 aromatic carbocycles. The highest BCUT2D eigenvalue weighted by atomic mass is 32.1. The van der Waals surface area contributed by atoms with Crippen LogP contribution in [0.1, 0.15) is 98.5 Å². The van der Waals surface area contributed by atoms with Crippen LogP contribution in [0, 0.1) is 5.92 Å². The topological polar surface area (TPSA) is 17.1 Å². The Kier molecular flexibility index (Phi) is 8.50. The zero-order valence-corrected chi connectivity index (χ0v) is 18.6. The zero-order chi connectivity index (χ0) is 21.5. The summed E-state index contributed by atoms with van der Waals surface area (Å²) in [5, 5.41) is -0.410. The molecule has 1 saturated carbocycles. The van der Waals surface area contributed by atoms with E-state index in [9.17, 15) is 13.6 Å². The van der Waals surface area contributed by atoms with Crippen molar-refractivity contribution in [1.82, 2.24) is 0 Å². The number of alkyl halides is 2. The maximum atomic E-state index is 13.1. The van der Waals surface area contributed by atoms with E-state index in [1.165, 1.54) is 81.5 Å². The third-order valence-corrected chi connectivity index (χ3v) is 6.77. The molecule has 0 radical (unpaired) electrons. The average Bonchev–Trinajstić information content (AvgIpc) is 2.77. The number of halogens is 2. The van der Waals surface area contributed by atoms with Gasteiger partial charge in [0.2, 0.25) is 5.12 Å². The summed E-state index contributed by atoms with van der Waals surface area (Å²) >= 11 is 3.91.